The number of hydrogen-bond donors (Lipinski definition) is 0. The number of piperazine rings is 1. The van der Waals surface area contributed by atoms with Gasteiger partial charge >= 0.3 is 6.61 Å². The average molecular weight is 418 g/mol. The summed E-state index contributed by atoms with van der Waals surface area (Å²) in [4.78, 5) is 28.3. The molecule has 2 aromatic carbocycles. The second kappa shape index (κ2) is 9.56. The molecule has 1 aliphatic rings. The molecule has 0 aromatic heterocycles. The monoisotopic (exact) mass is 418 g/mol. The van der Waals surface area contributed by atoms with Crippen LogP contribution in [0.4, 0.5) is 8.78 Å². The molecule has 0 radical (unpaired) electrons. The third-order valence-electron chi connectivity index (χ3n) is 5.09. The van der Waals surface area contributed by atoms with Crippen molar-refractivity contribution in [2.45, 2.75) is 20.5 Å². The van der Waals surface area contributed by atoms with Gasteiger partial charge in [-0.2, -0.15) is 8.78 Å². The summed E-state index contributed by atoms with van der Waals surface area (Å²) in [5.74, 6) is -0.0832. The summed E-state index contributed by atoms with van der Waals surface area (Å²) in [6, 6.07) is 11.6. The van der Waals surface area contributed by atoms with Crippen molar-refractivity contribution in [2.24, 2.45) is 0 Å². The van der Waals surface area contributed by atoms with Crippen molar-refractivity contribution in [3.63, 3.8) is 0 Å². The third kappa shape index (κ3) is 5.25. The molecule has 8 heteroatoms. The molecule has 1 aliphatic heterocycles. The van der Waals surface area contributed by atoms with E-state index in [4.69, 9.17) is 4.74 Å². The SMILES string of the molecule is Cc1ccc(OCC(=O)N2CCN(C(=O)c3ccccc3OC(F)F)CC2)cc1C. The van der Waals surface area contributed by atoms with E-state index in [1.807, 2.05) is 32.0 Å². The molecule has 1 heterocycles. The molecule has 6 nitrogen and oxygen atoms in total. The van der Waals surface area contributed by atoms with Crippen LogP contribution in [-0.4, -0.2) is 61.0 Å². The largest absolute Gasteiger partial charge is 0.484 e. The highest BCUT2D eigenvalue weighted by atomic mass is 19.3. The van der Waals surface area contributed by atoms with Gasteiger partial charge in [0.2, 0.25) is 0 Å². The lowest BCUT2D eigenvalue weighted by Crippen LogP contribution is -2.51. The number of hydrogen-bond acceptors (Lipinski definition) is 4. The van der Waals surface area contributed by atoms with Gasteiger partial charge < -0.3 is 19.3 Å². The maximum absolute atomic E-state index is 12.7. The molecule has 0 aliphatic carbocycles. The smallest absolute Gasteiger partial charge is 0.387 e. The molecule has 2 aromatic rings. The fraction of sp³-hybridized carbons (Fsp3) is 0.364. The van der Waals surface area contributed by atoms with Crippen LogP contribution in [0.1, 0.15) is 21.5 Å². The summed E-state index contributed by atoms with van der Waals surface area (Å²) in [6.45, 7) is 2.19. The number of nitrogens with zero attached hydrogens (tertiary/aromatic N) is 2. The third-order valence-corrected chi connectivity index (χ3v) is 5.09. The summed E-state index contributed by atoms with van der Waals surface area (Å²) >= 11 is 0. The van der Waals surface area contributed by atoms with E-state index in [9.17, 15) is 18.4 Å². The van der Waals surface area contributed by atoms with E-state index >= 15 is 0 Å². The lowest BCUT2D eigenvalue weighted by atomic mass is 10.1. The zero-order valence-electron chi connectivity index (χ0n) is 16.9. The Balaban J connectivity index is 1.53. The maximum atomic E-state index is 12.7. The van der Waals surface area contributed by atoms with Gasteiger partial charge in [0, 0.05) is 26.2 Å². The minimum atomic E-state index is -3.01. The number of para-hydroxylation sites is 1. The van der Waals surface area contributed by atoms with Crippen molar-refractivity contribution in [1.82, 2.24) is 9.80 Å². The summed E-state index contributed by atoms with van der Waals surface area (Å²) in [6.07, 6.45) is 0. The van der Waals surface area contributed by atoms with Gasteiger partial charge in [0.05, 0.1) is 5.56 Å². The molecule has 30 heavy (non-hydrogen) atoms. The Morgan fingerprint density at radius 3 is 2.30 bits per heavy atom. The fourth-order valence-corrected chi connectivity index (χ4v) is 3.21. The zero-order chi connectivity index (χ0) is 21.7. The van der Waals surface area contributed by atoms with Gasteiger partial charge in [0.15, 0.2) is 6.61 Å². The van der Waals surface area contributed by atoms with Crippen molar-refractivity contribution >= 4 is 11.8 Å². The van der Waals surface area contributed by atoms with Crippen LogP contribution in [0.5, 0.6) is 11.5 Å². The number of carbonyl (C=O) groups is 2. The number of amides is 2. The van der Waals surface area contributed by atoms with Crippen LogP contribution in [0.15, 0.2) is 42.5 Å². The topological polar surface area (TPSA) is 59.1 Å². The van der Waals surface area contributed by atoms with Crippen molar-refractivity contribution in [1.29, 1.82) is 0 Å². The van der Waals surface area contributed by atoms with Gasteiger partial charge in [0.25, 0.3) is 11.8 Å². The van der Waals surface area contributed by atoms with Crippen LogP contribution in [0.2, 0.25) is 0 Å². The molecule has 3 rings (SSSR count). The van der Waals surface area contributed by atoms with Crippen molar-refractivity contribution in [3.8, 4) is 11.5 Å². The first-order chi connectivity index (χ1) is 14.3. The Labute approximate surface area is 174 Å². The number of carbonyl (C=O) groups excluding carboxylic acids is 2. The van der Waals surface area contributed by atoms with Crippen molar-refractivity contribution in [2.75, 3.05) is 32.8 Å². The minimum absolute atomic E-state index is 0.0793. The number of alkyl halides is 2. The predicted molar refractivity (Wildman–Crippen MR) is 107 cm³/mol. The Bertz CT molecular complexity index is 912. The van der Waals surface area contributed by atoms with Gasteiger partial charge in [-0.1, -0.05) is 18.2 Å². The number of rotatable bonds is 6. The van der Waals surface area contributed by atoms with E-state index in [0.29, 0.717) is 31.9 Å². The average Bonchev–Trinajstić information content (AvgIpc) is 2.74. The summed E-state index contributed by atoms with van der Waals surface area (Å²) in [7, 11) is 0. The maximum Gasteiger partial charge on any atom is 0.387 e. The first-order valence-electron chi connectivity index (χ1n) is 9.66. The van der Waals surface area contributed by atoms with Gasteiger partial charge in [0.1, 0.15) is 11.5 Å². The quantitative estimate of drug-likeness (QED) is 0.723. The van der Waals surface area contributed by atoms with E-state index in [-0.39, 0.29) is 23.8 Å². The van der Waals surface area contributed by atoms with E-state index in [0.717, 1.165) is 11.1 Å². The molecule has 160 valence electrons. The highest BCUT2D eigenvalue weighted by Crippen LogP contribution is 2.22. The second-order valence-electron chi connectivity index (χ2n) is 7.08. The lowest BCUT2D eigenvalue weighted by molar-refractivity contribution is -0.134. The summed E-state index contributed by atoms with van der Waals surface area (Å²) in [5, 5.41) is 0. The van der Waals surface area contributed by atoms with E-state index in [1.165, 1.54) is 23.1 Å². The minimum Gasteiger partial charge on any atom is -0.484 e. The van der Waals surface area contributed by atoms with Crippen molar-refractivity contribution in [3.05, 3.63) is 59.2 Å². The number of ether oxygens (including phenoxy) is 2. The molecule has 0 atom stereocenters. The standard InChI is InChI=1S/C22H24F2N2O4/c1-15-7-8-17(13-16(15)2)29-14-20(27)25-9-11-26(12-10-25)21(28)18-5-3-4-6-19(18)30-22(23)24/h3-8,13,22H,9-12,14H2,1-2H3. The van der Waals surface area contributed by atoms with E-state index in [2.05, 4.69) is 4.74 Å². The predicted octanol–water partition coefficient (Wildman–Crippen LogP) is 3.27. The fourth-order valence-electron chi connectivity index (χ4n) is 3.21. The zero-order valence-corrected chi connectivity index (χ0v) is 16.9. The summed E-state index contributed by atoms with van der Waals surface area (Å²) in [5.41, 5.74) is 2.31. The van der Waals surface area contributed by atoms with Crippen LogP contribution in [-0.2, 0) is 4.79 Å². The van der Waals surface area contributed by atoms with Crippen LogP contribution >= 0.6 is 0 Å². The lowest BCUT2D eigenvalue weighted by Gasteiger charge is -2.35. The van der Waals surface area contributed by atoms with Crippen LogP contribution < -0.4 is 9.47 Å². The molecule has 0 N–H and O–H groups in total. The molecule has 1 saturated heterocycles. The Morgan fingerprint density at radius 1 is 0.967 bits per heavy atom. The highest BCUT2D eigenvalue weighted by Gasteiger charge is 2.27. The summed E-state index contributed by atoms with van der Waals surface area (Å²) < 4.78 is 35.2. The number of halogens is 2. The molecular formula is C22H24F2N2O4. The molecule has 0 unspecified atom stereocenters. The van der Waals surface area contributed by atoms with Crippen LogP contribution in [0.25, 0.3) is 0 Å². The first kappa shape index (κ1) is 21.5. The van der Waals surface area contributed by atoms with Crippen LogP contribution in [0, 0.1) is 13.8 Å². The van der Waals surface area contributed by atoms with Crippen LogP contribution in [0.3, 0.4) is 0 Å². The number of aryl methyl sites for hydroxylation is 2. The molecule has 2 amide bonds. The second-order valence-corrected chi connectivity index (χ2v) is 7.08. The Hall–Kier alpha value is -3.16. The molecule has 0 spiro atoms. The number of benzene rings is 2. The molecule has 0 saturated carbocycles. The van der Waals surface area contributed by atoms with Gasteiger partial charge in [-0.3, -0.25) is 9.59 Å². The molecule has 0 bridgehead atoms. The van der Waals surface area contributed by atoms with Gasteiger partial charge in [-0.15, -0.1) is 0 Å². The van der Waals surface area contributed by atoms with E-state index < -0.39 is 12.5 Å². The van der Waals surface area contributed by atoms with E-state index in [1.54, 1.807) is 11.0 Å². The van der Waals surface area contributed by atoms with Gasteiger partial charge in [-0.25, -0.2) is 0 Å². The molecular weight excluding hydrogens is 394 g/mol. The van der Waals surface area contributed by atoms with Crippen molar-refractivity contribution < 1.29 is 27.8 Å². The first-order valence-corrected chi connectivity index (χ1v) is 9.66. The Morgan fingerprint density at radius 2 is 1.63 bits per heavy atom. The molecule has 1 fully saturated rings. The normalized spacial score (nSPS) is 14.0. The Kier molecular flexibility index (Phi) is 6.87. The highest BCUT2D eigenvalue weighted by molar-refractivity contribution is 5.97. The van der Waals surface area contributed by atoms with Gasteiger partial charge in [-0.05, 0) is 49.2 Å².